The molecule has 184 valence electrons. The molecule has 0 spiro atoms. The first kappa shape index (κ1) is 25.8. The van der Waals surface area contributed by atoms with E-state index in [9.17, 15) is 0 Å². The molecule has 0 heterocycles. The highest BCUT2D eigenvalue weighted by Gasteiger charge is 2.38. The van der Waals surface area contributed by atoms with Crippen molar-refractivity contribution >= 4 is 18.7 Å². The Morgan fingerprint density at radius 1 is 0.694 bits per heavy atom. The van der Waals surface area contributed by atoms with E-state index >= 15 is 0 Å². The molecule has 0 aliphatic rings. The fraction of sp³-hybridized carbons (Fsp3) is 0.188. The molecular formula is C32H32O3S. The van der Waals surface area contributed by atoms with Crippen LogP contribution in [0.15, 0.2) is 121 Å². The lowest BCUT2D eigenvalue weighted by atomic mass is 9.80. The van der Waals surface area contributed by atoms with Gasteiger partial charge >= 0.3 is 0 Å². The van der Waals surface area contributed by atoms with Crippen molar-refractivity contribution in [3.8, 4) is 5.75 Å². The Morgan fingerprint density at radius 3 is 1.78 bits per heavy atom. The molecule has 4 aromatic rings. The van der Waals surface area contributed by atoms with Gasteiger partial charge in [0.15, 0.2) is 0 Å². The van der Waals surface area contributed by atoms with E-state index in [-0.39, 0.29) is 5.25 Å². The maximum atomic E-state index is 6.83. The molecule has 0 fully saturated rings. The lowest BCUT2D eigenvalue weighted by Gasteiger charge is -2.36. The molecule has 36 heavy (non-hydrogen) atoms. The van der Waals surface area contributed by atoms with Gasteiger partial charge in [-0.25, -0.2) is 0 Å². The van der Waals surface area contributed by atoms with Gasteiger partial charge in [0.25, 0.3) is 0 Å². The first-order valence-corrected chi connectivity index (χ1v) is 12.6. The SMILES string of the molecule is COc1ccc(C(OC[C@H](S)COC/C=C/c2ccccc2)(c2ccccc2)c2ccccc2)cc1. The molecule has 0 radical (unpaired) electrons. The van der Waals surface area contributed by atoms with Crippen molar-refractivity contribution in [1.29, 1.82) is 0 Å². The van der Waals surface area contributed by atoms with Crippen molar-refractivity contribution < 1.29 is 14.2 Å². The molecule has 0 aromatic heterocycles. The molecule has 0 saturated heterocycles. The van der Waals surface area contributed by atoms with Crippen molar-refractivity contribution in [1.82, 2.24) is 0 Å². The average Bonchev–Trinajstić information content (AvgIpc) is 2.95. The smallest absolute Gasteiger partial charge is 0.143 e. The van der Waals surface area contributed by atoms with Crippen LogP contribution < -0.4 is 4.74 Å². The predicted octanol–water partition coefficient (Wildman–Crippen LogP) is 7.03. The minimum absolute atomic E-state index is 0.0971. The van der Waals surface area contributed by atoms with Crippen LogP contribution in [0.2, 0.25) is 0 Å². The molecule has 0 amide bonds. The summed E-state index contributed by atoms with van der Waals surface area (Å²) in [6, 6.07) is 38.9. The molecule has 4 rings (SSSR count). The Hall–Kier alpha value is -3.31. The van der Waals surface area contributed by atoms with E-state index in [1.165, 1.54) is 0 Å². The highest BCUT2D eigenvalue weighted by molar-refractivity contribution is 7.81. The quantitative estimate of drug-likeness (QED) is 0.130. The summed E-state index contributed by atoms with van der Waals surface area (Å²) in [7, 11) is 1.67. The first-order chi connectivity index (χ1) is 17.7. The standard InChI is InChI=1S/C32H32O3S/c1-33-30-21-19-29(20-22-30)32(27-15-7-3-8-16-27,28-17-9-4-10-18-28)35-25-31(36)24-34-23-11-14-26-12-5-2-6-13-26/h2-22,31,36H,23-25H2,1H3/b14-11+/t31-/m1/s1. The summed E-state index contributed by atoms with van der Waals surface area (Å²) in [5.41, 5.74) is 3.47. The second kappa shape index (κ2) is 13.1. The fourth-order valence-corrected chi connectivity index (χ4v) is 4.39. The first-order valence-electron chi connectivity index (χ1n) is 12.1. The third-order valence-corrected chi connectivity index (χ3v) is 6.28. The number of ether oxygens (including phenoxy) is 3. The molecule has 0 saturated carbocycles. The molecule has 1 atom stereocenters. The zero-order valence-corrected chi connectivity index (χ0v) is 21.4. The van der Waals surface area contributed by atoms with Gasteiger partial charge < -0.3 is 14.2 Å². The van der Waals surface area contributed by atoms with Gasteiger partial charge in [-0.05, 0) is 34.4 Å². The summed E-state index contributed by atoms with van der Waals surface area (Å²) >= 11 is 4.79. The van der Waals surface area contributed by atoms with Crippen LogP contribution in [0.25, 0.3) is 6.08 Å². The summed E-state index contributed by atoms with van der Waals surface area (Å²) in [5, 5.41) is -0.0971. The Labute approximate surface area is 219 Å². The third-order valence-electron chi connectivity index (χ3n) is 5.98. The van der Waals surface area contributed by atoms with Gasteiger partial charge in [-0.3, -0.25) is 0 Å². The predicted molar refractivity (Wildman–Crippen MR) is 151 cm³/mol. The van der Waals surface area contributed by atoms with Crippen LogP contribution in [-0.2, 0) is 15.1 Å². The largest absolute Gasteiger partial charge is 0.497 e. The van der Waals surface area contributed by atoms with Crippen molar-refractivity contribution in [2.45, 2.75) is 10.9 Å². The number of hydrogen-bond acceptors (Lipinski definition) is 4. The summed E-state index contributed by atoms with van der Waals surface area (Å²) in [6.45, 7) is 1.40. The maximum Gasteiger partial charge on any atom is 0.143 e. The van der Waals surface area contributed by atoms with Crippen molar-refractivity contribution in [3.05, 3.63) is 144 Å². The molecule has 3 nitrogen and oxygen atoms in total. The highest BCUT2D eigenvalue weighted by Crippen LogP contribution is 2.41. The van der Waals surface area contributed by atoms with E-state index in [0.717, 1.165) is 28.0 Å². The second-order valence-corrected chi connectivity index (χ2v) is 9.19. The van der Waals surface area contributed by atoms with E-state index in [2.05, 4.69) is 54.6 Å². The highest BCUT2D eigenvalue weighted by atomic mass is 32.1. The van der Waals surface area contributed by atoms with Crippen LogP contribution in [0.4, 0.5) is 0 Å². The third kappa shape index (κ3) is 6.46. The summed E-state index contributed by atoms with van der Waals surface area (Å²) in [6.07, 6.45) is 4.08. The Morgan fingerprint density at radius 2 is 1.22 bits per heavy atom. The monoisotopic (exact) mass is 496 g/mol. The molecular weight excluding hydrogens is 464 g/mol. The molecule has 0 aliphatic heterocycles. The second-order valence-electron chi connectivity index (χ2n) is 8.46. The Bertz CT molecular complexity index is 1150. The van der Waals surface area contributed by atoms with Gasteiger partial charge in [0.05, 0.1) is 26.9 Å². The number of benzene rings is 4. The van der Waals surface area contributed by atoms with Gasteiger partial charge in [-0.1, -0.05) is 115 Å². The summed E-state index contributed by atoms with van der Waals surface area (Å²) in [5.74, 6) is 0.804. The van der Waals surface area contributed by atoms with Crippen LogP contribution in [0, 0.1) is 0 Å². The minimum atomic E-state index is -0.803. The van der Waals surface area contributed by atoms with E-state index in [1.807, 2.05) is 72.8 Å². The van der Waals surface area contributed by atoms with Crippen molar-refractivity contribution in [2.24, 2.45) is 0 Å². The van der Waals surface area contributed by atoms with Crippen LogP contribution in [0.1, 0.15) is 22.3 Å². The number of methoxy groups -OCH3 is 1. The summed E-state index contributed by atoms with van der Waals surface area (Å²) < 4.78 is 18.1. The molecule has 0 N–H and O–H groups in total. The van der Waals surface area contributed by atoms with E-state index in [4.69, 9.17) is 26.8 Å². The van der Waals surface area contributed by atoms with Crippen LogP contribution in [0.3, 0.4) is 0 Å². The van der Waals surface area contributed by atoms with Crippen molar-refractivity contribution in [2.75, 3.05) is 26.9 Å². The zero-order chi connectivity index (χ0) is 25.1. The zero-order valence-electron chi connectivity index (χ0n) is 20.5. The molecule has 0 bridgehead atoms. The fourth-order valence-electron chi connectivity index (χ4n) is 4.21. The lowest BCUT2D eigenvalue weighted by Crippen LogP contribution is -2.35. The number of rotatable bonds is 12. The number of thiol groups is 1. The Balaban J connectivity index is 1.53. The normalized spacial score (nSPS) is 12.5. The topological polar surface area (TPSA) is 27.7 Å². The van der Waals surface area contributed by atoms with Crippen LogP contribution in [0.5, 0.6) is 5.75 Å². The van der Waals surface area contributed by atoms with Crippen molar-refractivity contribution in [3.63, 3.8) is 0 Å². The van der Waals surface area contributed by atoms with E-state index in [0.29, 0.717) is 19.8 Å². The maximum absolute atomic E-state index is 6.83. The van der Waals surface area contributed by atoms with Gasteiger partial charge in [-0.15, -0.1) is 0 Å². The van der Waals surface area contributed by atoms with Crippen LogP contribution >= 0.6 is 12.6 Å². The van der Waals surface area contributed by atoms with Gasteiger partial charge in [0.2, 0.25) is 0 Å². The van der Waals surface area contributed by atoms with Crippen LogP contribution in [-0.4, -0.2) is 32.2 Å². The lowest BCUT2D eigenvalue weighted by molar-refractivity contribution is 0.00458. The van der Waals surface area contributed by atoms with E-state index in [1.54, 1.807) is 7.11 Å². The summed E-state index contributed by atoms with van der Waals surface area (Å²) in [4.78, 5) is 0. The molecule has 4 heteroatoms. The number of hydrogen-bond donors (Lipinski definition) is 1. The van der Waals surface area contributed by atoms with Gasteiger partial charge in [-0.2, -0.15) is 12.6 Å². The Kier molecular flexibility index (Phi) is 9.40. The average molecular weight is 497 g/mol. The minimum Gasteiger partial charge on any atom is -0.497 e. The van der Waals surface area contributed by atoms with Gasteiger partial charge in [0.1, 0.15) is 11.4 Å². The van der Waals surface area contributed by atoms with Gasteiger partial charge in [0, 0.05) is 5.25 Å². The molecule has 0 aliphatic carbocycles. The molecule has 0 unspecified atom stereocenters. The molecule has 4 aromatic carbocycles. The van der Waals surface area contributed by atoms with E-state index < -0.39 is 5.60 Å².